The third kappa shape index (κ3) is 2.52. The van der Waals surface area contributed by atoms with Crippen molar-refractivity contribution in [3.8, 4) is 5.75 Å². The van der Waals surface area contributed by atoms with E-state index in [1.54, 1.807) is 12.1 Å². The zero-order valence-corrected chi connectivity index (χ0v) is 12.2. The van der Waals surface area contributed by atoms with Crippen LogP contribution in [0.15, 0.2) is 42.5 Å². The Kier molecular flexibility index (Phi) is 3.31. The summed E-state index contributed by atoms with van der Waals surface area (Å²) >= 11 is 3.64. The van der Waals surface area contributed by atoms with E-state index in [1.165, 1.54) is 11.6 Å². The molecule has 1 aliphatic rings. The fourth-order valence-electron chi connectivity index (χ4n) is 2.46. The SMILES string of the molecule is CC1Cc2cc(C(Br)c3cccc(F)c3)ccc2O1. The van der Waals surface area contributed by atoms with Crippen LogP contribution in [0.5, 0.6) is 5.75 Å². The highest BCUT2D eigenvalue weighted by Gasteiger charge is 2.21. The second-order valence-electron chi connectivity index (χ2n) is 4.92. The second-order valence-corrected chi connectivity index (χ2v) is 5.83. The van der Waals surface area contributed by atoms with Crippen molar-refractivity contribution in [1.82, 2.24) is 0 Å². The molecule has 19 heavy (non-hydrogen) atoms. The van der Waals surface area contributed by atoms with E-state index in [1.807, 2.05) is 18.2 Å². The zero-order valence-electron chi connectivity index (χ0n) is 10.6. The fourth-order valence-corrected chi connectivity index (χ4v) is 3.03. The second kappa shape index (κ2) is 4.97. The first-order valence-corrected chi connectivity index (χ1v) is 7.24. The van der Waals surface area contributed by atoms with Crippen LogP contribution in [-0.2, 0) is 6.42 Å². The van der Waals surface area contributed by atoms with Gasteiger partial charge >= 0.3 is 0 Å². The lowest BCUT2D eigenvalue weighted by atomic mass is 10.0. The molecule has 3 heteroatoms. The van der Waals surface area contributed by atoms with E-state index in [2.05, 4.69) is 28.9 Å². The predicted octanol–water partition coefficient (Wildman–Crippen LogP) is 4.63. The predicted molar refractivity (Wildman–Crippen MR) is 77.4 cm³/mol. The Balaban J connectivity index is 1.93. The van der Waals surface area contributed by atoms with Gasteiger partial charge in [-0.2, -0.15) is 0 Å². The average Bonchev–Trinajstić information content (AvgIpc) is 2.76. The summed E-state index contributed by atoms with van der Waals surface area (Å²) in [5.41, 5.74) is 3.28. The van der Waals surface area contributed by atoms with Crippen LogP contribution in [0.4, 0.5) is 4.39 Å². The highest BCUT2D eigenvalue weighted by molar-refractivity contribution is 9.09. The van der Waals surface area contributed by atoms with Gasteiger partial charge in [0.05, 0.1) is 4.83 Å². The van der Waals surface area contributed by atoms with Crippen LogP contribution >= 0.6 is 15.9 Å². The van der Waals surface area contributed by atoms with Crippen LogP contribution in [0.3, 0.4) is 0 Å². The highest BCUT2D eigenvalue weighted by atomic mass is 79.9. The van der Waals surface area contributed by atoms with E-state index >= 15 is 0 Å². The molecule has 2 aromatic carbocycles. The molecule has 2 aromatic rings. The third-order valence-electron chi connectivity index (χ3n) is 3.35. The summed E-state index contributed by atoms with van der Waals surface area (Å²) in [5, 5.41) is 0. The Bertz CT molecular complexity index is 611. The summed E-state index contributed by atoms with van der Waals surface area (Å²) in [6, 6.07) is 12.9. The summed E-state index contributed by atoms with van der Waals surface area (Å²) in [7, 11) is 0. The average molecular weight is 321 g/mol. The van der Waals surface area contributed by atoms with Crippen LogP contribution in [0.1, 0.15) is 28.4 Å². The molecule has 2 atom stereocenters. The Morgan fingerprint density at radius 2 is 2.00 bits per heavy atom. The topological polar surface area (TPSA) is 9.23 Å². The number of hydrogen-bond donors (Lipinski definition) is 0. The zero-order chi connectivity index (χ0) is 13.4. The summed E-state index contributed by atoms with van der Waals surface area (Å²) in [5.74, 6) is 0.759. The molecule has 0 amide bonds. The molecule has 2 unspecified atom stereocenters. The molecule has 98 valence electrons. The van der Waals surface area contributed by atoms with E-state index in [9.17, 15) is 4.39 Å². The van der Waals surface area contributed by atoms with Crippen molar-refractivity contribution in [2.45, 2.75) is 24.3 Å². The van der Waals surface area contributed by atoms with Crippen LogP contribution in [-0.4, -0.2) is 6.10 Å². The molecule has 0 bridgehead atoms. The number of ether oxygens (including phenoxy) is 1. The summed E-state index contributed by atoms with van der Waals surface area (Å²) in [4.78, 5) is 0.00408. The van der Waals surface area contributed by atoms with Gasteiger partial charge in [-0.25, -0.2) is 4.39 Å². The minimum Gasteiger partial charge on any atom is -0.490 e. The molecule has 3 rings (SSSR count). The lowest BCUT2D eigenvalue weighted by molar-refractivity contribution is 0.254. The Labute approximate surface area is 120 Å². The van der Waals surface area contributed by atoms with E-state index in [0.29, 0.717) is 0 Å². The molecule has 0 N–H and O–H groups in total. The maximum absolute atomic E-state index is 13.3. The number of halogens is 2. The van der Waals surface area contributed by atoms with E-state index in [4.69, 9.17) is 4.74 Å². The monoisotopic (exact) mass is 320 g/mol. The van der Waals surface area contributed by atoms with Gasteiger partial charge in [-0.3, -0.25) is 0 Å². The van der Waals surface area contributed by atoms with Crippen LogP contribution in [0.25, 0.3) is 0 Å². The molecular formula is C16H14BrFO. The van der Waals surface area contributed by atoms with E-state index in [-0.39, 0.29) is 16.7 Å². The molecule has 0 saturated carbocycles. The molecular weight excluding hydrogens is 307 g/mol. The summed E-state index contributed by atoms with van der Waals surface area (Å²) in [6.07, 6.45) is 1.18. The van der Waals surface area contributed by atoms with Gasteiger partial charge in [0.15, 0.2) is 0 Å². The minimum absolute atomic E-state index is 0.00408. The van der Waals surface area contributed by atoms with Crippen LogP contribution < -0.4 is 4.74 Å². The molecule has 0 fully saturated rings. The number of alkyl halides is 1. The minimum atomic E-state index is -0.208. The smallest absolute Gasteiger partial charge is 0.123 e. The van der Waals surface area contributed by atoms with Gasteiger partial charge in [-0.15, -0.1) is 0 Å². The van der Waals surface area contributed by atoms with Crippen molar-refractivity contribution in [3.63, 3.8) is 0 Å². The van der Waals surface area contributed by atoms with Gasteiger partial charge in [0.2, 0.25) is 0 Å². The lowest BCUT2D eigenvalue weighted by Gasteiger charge is -2.12. The fraction of sp³-hybridized carbons (Fsp3) is 0.250. The number of benzene rings is 2. The van der Waals surface area contributed by atoms with E-state index in [0.717, 1.165) is 23.3 Å². The van der Waals surface area contributed by atoms with Crippen LogP contribution in [0, 0.1) is 5.82 Å². The standard InChI is InChI=1S/C16H14BrFO/c1-10-7-13-8-12(5-6-15(13)19-10)16(17)11-3-2-4-14(18)9-11/h2-6,8-10,16H,7H2,1H3. The van der Waals surface area contributed by atoms with Gasteiger partial charge in [0.25, 0.3) is 0 Å². The van der Waals surface area contributed by atoms with Gasteiger partial charge < -0.3 is 4.74 Å². The quantitative estimate of drug-likeness (QED) is 0.733. The normalized spacial score (nSPS) is 18.8. The van der Waals surface area contributed by atoms with Gasteiger partial charge in [-0.1, -0.05) is 40.2 Å². The maximum atomic E-state index is 13.3. The van der Waals surface area contributed by atoms with Crippen molar-refractivity contribution >= 4 is 15.9 Å². The number of hydrogen-bond acceptors (Lipinski definition) is 1. The highest BCUT2D eigenvalue weighted by Crippen LogP contribution is 2.36. The summed E-state index contributed by atoms with van der Waals surface area (Å²) < 4.78 is 19.0. The molecule has 0 radical (unpaired) electrons. The largest absolute Gasteiger partial charge is 0.490 e. The first-order chi connectivity index (χ1) is 9.13. The first-order valence-electron chi connectivity index (χ1n) is 6.32. The van der Waals surface area contributed by atoms with Gasteiger partial charge in [0.1, 0.15) is 17.7 Å². The first kappa shape index (κ1) is 12.7. The molecule has 0 saturated heterocycles. The van der Waals surface area contributed by atoms with Crippen molar-refractivity contribution < 1.29 is 9.13 Å². The third-order valence-corrected chi connectivity index (χ3v) is 4.41. The molecule has 1 nitrogen and oxygen atoms in total. The molecule has 1 aliphatic heterocycles. The van der Waals surface area contributed by atoms with Gasteiger partial charge in [0, 0.05) is 6.42 Å². The van der Waals surface area contributed by atoms with Crippen LogP contribution in [0.2, 0.25) is 0 Å². The molecule has 0 aliphatic carbocycles. The summed E-state index contributed by atoms with van der Waals surface area (Å²) in [6.45, 7) is 2.07. The van der Waals surface area contributed by atoms with Gasteiger partial charge in [-0.05, 0) is 41.8 Å². The Morgan fingerprint density at radius 1 is 1.21 bits per heavy atom. The van der Waals surface area contributed by atoms with Crippen molar-refractivity contribution in [1.29, 1.82) is 0 Å². The molecule has 0 spiro atoms. The number of fused-ring (bicyclic) bond motifs is 1. The van der Waals surface area contributed by atoms with Crippen molar-refractivity contribution in [3.05, 3.63) is 65.0 Å². The van der Waals surface area contributed by atoms with Crippen molar-refractivity contribution in [2.75, 3.05) is 0 Å². The lowest BCUT2D eigenvalue weighted by Crippen LogP contribution is -2.05. The molecule has 0 aromatic heterocycles. The molecule has 1 heterocycles. The van der Waals surface area contributed by atoms with E-state index < -0.39 is 0 Å². The number of rotatable bonds is 2. The Morgan fingerprint density at radius 3 is 2.79 bits per heavy atom. The van der Waals surface area contributed by atoms with Crippen molar-refractivity contribution in [2.24, 2.45) is 0 Å². The Hall–Kier alpha value is -1.35. The maximum Gasteiger partial charge on any atom is 0.123 e.